The number of ether oxygens (including phenoxy) is 1. The Labute approximate surface area is 126 Å². The van der Waals surface area contributed by atoms with Gasteiger partial charge in [0.1, 0.15) is 11.5 Å². The van der Waals surface area contributed by atoms with E-state index < -0.39 is 0 Å². The second kappa shape index (κ2) is 4.57. The number of fused-ring (bicyclic) bond motifs is 5. The first-order valence-corrected chi connectivity index (χ1v) is 8.09. The number of rotatable bonds is 1. The second-order valence-electron chi connectivity index (χ2n) is 7.02. The van der Waals surface area contributed by atoms with Crippen molar-refractivity contribution >= 4 is 5.78 Å². The Kier molecular flexibility index (Phi) is 2.90. The molecule has 3 aliphatic rings. The number of carbonyl (C=O) groups is 1. The van der Waals surface area contributed by atoms with Gasteiger partial charge in [-0.3, -0.25) is 9.69 Å². The fraction of sp³-hybridized carbons (Fsp3) is 0.611. The molecule has 2 unspecified atom stereocenters. The molecule has 112 valence electrons. The molecule has 0 radical (unpaired) electrons. The van der Waals surface area contributed by atoms with Crippen LogP contribution in [0.3, 0.4) is 0 Å². The van der Waals surface area contributed by atoms with Crippen LogP contribution in [-0.4, -0.2) is 30.4 Å². The number of hydrogen-bond acceptors (Lipinski definition) is 3. The molecule has 1 saturated heterocycles. The summed E-state index contributed by atoms with van der Waals surface area (Å²) in [5.74, 6) is 1.41. The smallest absolute Gasteiger partial charge is 0.142 e. The van der Waals surface area contributed by atoms with Gasteiger partial charge in [0.15, 0.2) is 0 Å². The van der Waals surface area contributed by atoms with Crippen LogP contribution in [-0.2, 0) is 11.2 Å². The van der Waals surface area contributed by atoms with Crippen molar-refractivity contribution in [3.05, 3.63) is 29.3 Å². The Hall–Kier alpha value is -1.35. The minimum atomic E-state index is -0.0829. The first-order chi connectivity index (χ1) is 10.1. The van der Waals surface area contributed by atoms with Gasteiger partial charge in [0.25, 0.3) is 0 Å². The molecular formula is C18H23NO2. The number of benzene rings is 1. The van der Waals surface area contributed by atoms with Crippen molar-refractivity contribution in [2.45, 2.75) is 51.1 Å². The summed E-state index contributed by atoms with van der Waals surface area (Å²) in [5, 5.41) is 0. The molecule has 0 bridgehead atoms. The van der Waals surface area contributed by atoms with Crippen LogP contribution in [0.4, 0.5) is 0 Å². The van der Waals surface area contributed by atoms with Crippen molar-refractivity contribution in [2.24, 2.45) is 5.41 Å². The summed E-state index contributed by atoms with van der Waals surface area (Å²) in [5.41, 5.74) is 2.63. The summed E-state index contributed by atoms with van der Waals surface area (Å²) < 4.78 is 5.34. The number of methoxy groups -OCH3 is 1. The standard InChI is InChI=1S/C18H23NO2/c1-18-8-3-4-16(18)19-9-7-12-10-13(21-2)5-6-14(12)15(19)11-17(18)20/h5-6,10,15-16H,3-4,7-9,11H2,1-2H3/t15?,16?,18-/m1/s1. The number of nitrogens with zero attached hydrogens (tertiary/aromatic N) is 1. The van der Waals surface area contributed by atoms with Crippen LogP contribution in [0.15, 0.2) is 18.2 Å². The maximum Gasteiger partial charge on any atom is 0.142 e. The molecule has 1 saturated carbocycles. The average Bonchev–Trinajstić information content (AvgIpc) is 2.90. The summed E-state index contributed by atoms with van der Waals surface area (Å²) in [7, 11) is 1.71. The lowest BCUT2D eigenvalue weighted by Crippen LogP contribution is -2.56. The van der Waals surface area contributed by atoms with Gasteiger partial charge in [-0.15, -0.1) is 0 Å². The third kappa shape index (κ3) is 1.80. The lowest BCUT2D eigenvalue weighted by Gasteiger charge is -2.50. The fourth-order valence-electron chi connectivity index (χ4n) is 4.85. The molecule has 3 atom stereocenters. The highest BCUT2D eigenvalue weighted by molar-refractivity contribution is 5.87. The number of piperidine rings is 1. The highest BCUT2D eigenvalue weighted by atomic mass is 16.5. The van der Waals surface area contributed by atoms with Gasteiger partial charge in [-0.05, 0) is 42.5 Å². The van der Waals surface area contributed by atoms with Crippen LogP contribution < -0.4 is 4.74 Å². The summed E-state index contributed by atoms with van der Waals surface area (Å²) in [6.07, 6.45) is 5.22. The van der Waals surface area contributed by atoms with Crippen LogP contribution in [0.25, 0.3) is 0 Å². The van der Waals surface area contributed by atoms with E-state index in [0.29, 0.717) is 24.3 Å². The normalized spacial score (nSPS) is 35.0. The van der Waals surface area contributed by atoms with Gasteiger partial charge in [0.05, 0.1) is 7.11 Å². The average molecular weight is 285 g/mol. The molecule has 2 fully saturated rings. The summed E-state index contributed by atoms with van der Waals surface area (Å²) in [4.78, 5) is 15.4. The second-order valence-corrected chi connectivity index (χ2v) is 7.02. The quantitative estimate of drug-likeness (QED) is 0.794. The number of carbonyl (C=O) groups excluding carboxylic acids is 1. The van der Waals surface area contributed by atoms with Gasteiger partial charge < -0.3 is 4.74 Å². The fourth-order valence-corrected chi connectivity index (χ4v) is 4.85. The predicted octanol–water partition coefficient (Wildman–Crippen LogP) is 3.13. The van der Waals surface area contributed by atoms with Gasteiger partial charge in [-0.1, -0.05) is 19.4 Å². The van der Waals surface area contributed by atoms with Crippen molar-refractivity contribution in [1.82, 2.24) is 4.90 Å². The maximum atomic E-state index is 12.7. The van der Waals surface area contributed by atoms with Crippen molar-refractivity contribution in [1.29, 1.82) is 0 Å². The van der Waals surface area contributed by atoms with Gasteiger partial charge in [0, 0.05) is 30.5 Å². The molecule has 4 rings (SSSR count). The van der Waals surface area contributed by atoms with Crippen molar-refractivity contribution in [2.75, 3.05) is 13.7 Å². The van der Waals surface area contributed by atoms with Crippen molar-refractivity contribution in [3.8, 4) is 5.75 Å². The molecule has 1 aliphatic carbocycles. The molecule has 2 heterocycles. The van der Waals surface area contributed by atoms with E-state index in [1.165, 1.54) is 24.0 Å². The van der Waals surface area contributed by atoms with Gasteiger partial charge in [0.2, 0.25) is 0 Å². The van der Waals surface area contributed by atoms with Crippen molar-refractivity contribution < 1.29 is 9.53 Å². The molecule has 1 aromatic carbocycles. The third-order valence-corrected chi connectivity index (χ3v) is 6.07. The summed E-state index contributed by atoms with van der Waals surface area (Å²) in [6, 6.07) is 7.12. The molecule has 3 heteroatoms. The predicted molar refractivity (Wildman–Crippen MR) is 81.5 cm³/mol. The van der Waals surface area contributed by atoms with E-state index in [4.69, 9.17) is 4.74 Å². The lowest BCUT2D eigenvalue weighted by molar-refractivity contribution is -0.139. The Morgan fingerprint density at radius 2 is 2.24 bits per heavy atom. The monoisotopic (exact) mass is 285 g/mol. The minimum absolute atomic E-state index is 0.0829. The van der Waals surface area contributed by atoms with Crippen LogP contribution in [0.2, 0.25) is 0 Å². The molecule has 1 aromatic rings. The van der Waals surface area contributed by atoms with E-state index in [9.17, 15) is 4.79 Å². The van der Waals surface area contributed by atoms with Crippen LogP contribution in [0, 0.1) is 5.41 Å². The lowest BCUT2D eigenvalue weighted by atomic mass is 9.70. The van der Waals surface area contributed by atoms with Gasteiger partial charge in [-0.2, -0.15) is 0 Å². The Balaban J connectivity index is 1.74. The van der Waals surface area contributed by atoms with E-state index in [-0.39, 0.29) is 5.41 Å². The van der Waals surface area contributed by atoms with E-state index >= 15 is 0 Å². The minimum Gasteiger partial charge on any atom is -0.497 e. The Morgan fingerprint density at radius 3 is 3.05 bits per heavy atom. The van der Waals surface area contributed by atoms with Crippen LogP contribution in [0.1, 0.15) is 49.8 Å². The molecule has 0 amide bonds. The van der Waals surface area contributed by atoms with E-state index in [1.54, 1.807) is 7.11 Å². The Morgan fingerprint density at radius 1 is 1.38 bits per heavy atom. The number of ketones is 1. The molecule has 0 N–H and O–H groups in total. The highest BCUT2D eigenvalue weighted by Crippen LogP contribution is 2.52. The first kappa shape index (κ1) is 13.3. The third-order valence-electron chi connectivity index (χ3n) is 6.07. The molecule has 3 nitrogen and oxygen atoms in total. The maximum absolute atomic E-state index is 12.7. The van der Waals surface area contributed by atoms with Crippen LogP contribution in [0.5, 0.6) is 5.75 Å². The molecule has 0 spiro atoms. The largest absolute Gasteiger partial charge is 0.497 e. The molecule has 2 aliphatic heterocycles. The molecule has 21 heavy (non-hydrogen) atoms. The molecular weight excluding hydrogens is 262 g/mol. The van der Waals surface area contributed by atoms with Gasteiger partial charge in [-0.25, -0.2) is 0 Å². The zero-order chi connectivity index (χ0) is 14.6. The number of Topliss-reactive ketones (excluding diaryl/α,β-unsaturated/α-hetero) is 1. The van der Waals surface area contributed by atoms with Crippen LogP contribution >= 0.6 is 0 Å². The SMILES string of the molecule is COc1ccc2c(c1)CCN1C2CC(=O)[C@]2(C)CCCC12. The zero-order valence-corrected chi connectivity index (χ0v) is 12.9. The summed E-state index contributed by atoms with van der Waals surface area (Å²) in [6.45, 7) is 3.28. The molecule has 0 aromatic heterocycles. The first-order valence-electron chi connectivity index (χ1n) is 8.09. The van der Waals surface area contributed by atoms with Crippen molar-refractivity contribution in [3.63, 3.8) is 0 Å². The zero-order valence-electron chi connectivity index (χ0n) is 12.9. The topological polar surface area (TPSA) is 29.5 Å². The number of hydrogen-bond donors (Lipinski definition) is 0. The van der Waals surface area contributed by atoms with E-state index in [2.05, 4.69) is 24.0 Å². The van der Waals surface area contributed by atoms with Gasteiger partial charge >= 0.3 is 0 Å². The van der Waals surface area contributed by atoms with E-state index in [0.717, 1.165) is 25.1 Å². The Bertz CT molecular complexity index is 597. The summed E-state index contributed by atoms with van der Waals surface area (Å²) >= 11 is 0. The van der Waals surface area contributed by atoms with E-state index in [1.807, 2.05) is 6.07 Å². The highest BCUT2D eigenvalue weighted by Gasteiger charge is 2.53.